The Bertz CT molecular complexity index is 491. The molecular weight excluding hydrogens is 286 g/mol. The Balaban J connectivity index is 1.43. The van der Waals surface area contributed by atoms with Gasteiger partial charge in [0.1, 0.15) is 0 Å². The predicted molar refractivity (Wildman–Crippen MR) is 93.2 cm³/mol. The van der Waals surface area contributed by atoms with Gasteiger partial charge >= 0.3 is 0 Å². The Kier molecular flexibility index (Phi) is 5.68. The zero-order valence-electron chi connectivity index (χ0n) is 14.2. The lowest BCUT2D eigenvalue weighted by Gasteiger charge is -2.37. The average Bonchev–Trinajstić information content (AvgIpc) is 3.09. The van der Waals surface area contributed by atoms with E-state index < -0.39 is 0 Å². The lowest BCUT2D eigenvalue weighted by atomic mass is 10.1. The second-order valence-electron chi connectivity index (χ2n) is 6.96. The highest BCUT2D eigenvalue weighted by Crippen LogP contribution is 2.18. The highest BCUT2D eigenvalue weighted by Gasteiger charge is 2.27. The van der Waals surface area contributed by atoms with Crippen molar-refractivity contribution in [3.63, 3.8) is 0 Å². The second-order valence-corrected chi connectivity index (χ2v) is 6.96. The van der Waals surface area contributed by atoms with Crippen molar-refractivity contribution in [1.82, 2.24) is 15.1 Å². The molecule has 0 radical (unpaired) electrons. The van der Waals surface area contributed by atoms with Crippen LogP contribution in [-0.2, 0) is 11.3 Å². The normalized spacial score (nSPS) is 22.1. The number of hydrogen-bond acceptors (Lipinski definition) is 3. The first-order valence-electron chi connectivity index (χ1n) is 9.03. The summed E-state index contributed by atoms with van der Waals surface area (Å²) in [6.45, 7) is 7.10. The Morgan fingerprint density at radius 2 is 1.78 bits per heavy atom. The Hall–Kier alpha value is -1.39. The molecule has 23 heavy (non-hydrogen) atoms. The summed E-state index contributed by atoms with van der Waals surface area (Å²) >= 11 is 0. The van der Waals surface area contributed by atoms with Gasteiger partial charge in [-0.3, -0.25) is 14.6 Å². The minimum Gasteiger partial charge on any atom is -0.352 e. The molecule has 1 heterocycles. The van der Waals surface area contributed by atoms with E-state index in [0.29, 0.717) is 6.04 Å². The molecule has 1 saturated carbocycles. The average molecular weight is 315 g/mol. The Morgan fingerprint density at radius 1 is 1.13 bits per heavy atom. The first-order valence-corrected chi connectivity index (χ1v) is 9.03. The summed E-state index contributed by atoms with van der Waals surface area (Å²) in [6, 6.07) is 11.0. The molecule has 1 N–H and O–H groups in total. The van der Waals surface area contributed by atoms with Gasteiger partial charge in [0, 0.05) is 38.8 Å². The molecule has 1 amide bonds. The number of nitrogens with zero attached hydrogens (tertiary/aromatic N) is 2. The van der Waals surface area contributed by atoms with E-state index in [2.05, 4.69) is 52.4 Å². The van der Waals surface area contributed by atoms with Gasteiger partial charge in [-0.25, -0.2) is 0 Å². The molecule has 4 heteroatoms. The van der Waals surface area contributed by atoms with E-state index >= 15 is 0 Å². The van der Waals surface area contributed by atoms with Crippen LogP contribution in [0.4, 0.5) is 0 Å². The van der Waals surface area contributed by atoms with Crippen molar-refractivity contribution in [3.8, 4) is 0 Å². The quantitative estimate of drug-likeness (QED) is 0.905. The number of piperazine rings is 1. The molecule has 0 bridgehead atoms. The highest BCUT2D eigenvalue weighted by molar-refractivity contribution is 5.81. The van der Waals surface area contributed by atoms with Crippen LogP contribution < -0.4 is 5.32 Å². The van der Waals surface area contributed by atoms with Crippen molar-refractivity contribution < 1.29 is 4.79 Å². The fourth-order valence-corrected chi connectivity index (χ4v) is 3.71. The van der Waals surface area contributed by atoms with Crippen molar-refractivity contribution in [2.24, 2.45) is 0 Å². The van der Waals surface area contributed by atoms with Crippen LogP contribution in [0.5, 0.6) is 0 Å². The maximum Gasteiger partial charge on any atom is 0.237 e. The number of hydrogen-bond donors (Lipinski definition) is 1. The first-order chi connectivity index (χ1) is 11.2. The van der Waals surface area contributed by atoms with E-state index in [9.17, 15) is 4.79 Å². The van der Waals surface area contributed by atoms with Crippen LogP contribution in [0.25, 0.3) is 0 Å². The Labute approximate surface area is 139 Å². The summed E-state index contributed by atoms with van der Waals surface area (Å²) in [5.41, 5.74) is 1.37. The van der Waals surface area contributed by atoms with Crippen LogP contribution in [0.2, 0.25) is 0 Å². The van der Waals surface area contributed by atoms with Crippen molar-refractivity contribution in [2.75, 3.05) is 26.2 Å². The van der Waals surface area contributed by atoms with Gasteiger partial charge in [0.25, 0.3) is 0 Å². The smallest absolute Gasteiger partial charge is 0.237 e. The number of nitrogens with one attached hydrogen (secondary N) is 1. The number of rotatable bonds is 5. The van der Waals surface area contributed by atoms with E-state index in [-0.39, 0.29) is 11.9 Å². The summed E-state index contributed by atoms with van der Waals surface area (Å²) in [5.74, 6) is 0.216. The summed E-state index contributed by atoms with van der Waals surface area (Å²) in [6.07, 6.45) is 4.83. The van der Waals surface area contributed by atoms with E-state index in [1.54, 1.807) is 0 Å². The van der Waals surface area contributed by atoms with Gasteiger partial charge in [0.2, 0.25) is 5.91 Å². The fraction of sp³-hybridized carbons (Fsp3) is 0.632. The molecule has 4 nitrogen and oxygen atoms in total. The van der Waals surface area contributed by atoms with Crippen LogP contribution >= 0.6 is 0 Å². The summed E-state index contributed by atoms with van der Waals surface area (Å²) in [7, 11) is 0. The number of carbonyl (C=O) groups is 1. The van der Waals surface area contributed by atoms with Crippen molar-refractivity contribution >= 4 is 5.91 Å². The second kappa shape index (κ2) is 7.93. The van der Waals surface area contributed by atoms with Crippen LogP contribution in [0.3, 0.4) is 0 Å². The monoisotopic (exact) mass is 315 g/mol. The summed E-state index contributed by atoms with van der Waals surface area (Å²) < 4.78 is 0. The number of amides is 1. The fourth-order valence-electron chi connectivity index (χ4n) is 3.71. The molecule has 3 rings (SSSR count). The largest absolute Gasteiger partial charge is 0.352 e. The molecule has 2 fully saturated rings. The van der Waals surface area contributed by atoms with Gasteiger partial charge in [-0.1, -0.05) is 43.2 Å². The van der Waals surface area contributed by atoms with E-state index in [1.165, 1.54) is 18.4 Å². The zero-order chi connectivity index (χ0) is 16.1. The molecule has 1 aliphatic heterocycles. The highest BCUT2D eigenvalue weighted by atomic mass is 16.2. The summed E-state index contributed by atoms with van der Waals surface area (Å²) in [5, 5.41) is 3.23. The molecule has 1 atom stereocenters. The molecule has 0 unspecified atom stereocenters. The minimum atomic E-state index is -0.00512. The van der Waals surface area contributed by atoms with Crippen LogP contribution in [0.1, 0.15) is 38.2 Å². The molecule has 1 aromatic rings. The van der Waals surface area contributed by atoms with E-state index in [4.69, 9.17) is 0 Å². The number of benzene rings is 1. The van der Waals surface area contributed by atoms with Crippen LogP contribution in [0.15, 0.2) is 30.3 Å². The molecule has 0 spiro atoms. The SMILES string of the molecule is C[C@H](C(=O)NC1CCCC1)N1CCN(Cc2ccccc2)CC1. The van der Waals surface area contributed by atoms with Crippen molar-refractivity contribution in [3.05, 3.63) is 35.9 Å². The van der Waals surface area contributed by atoms with Gasteiger partial charge in [-0.15, -0.1) is 0 Å². The van der Waals surface area contributed by atoms with Gasteiger partial charge in [-0.05, 0) is 25.3 Å². The molecule has 126 valence electrons. The van der Waals surface area contributed by atoms with Gasteiger partial charge in [-0.2, -0.15) is 0 Å². The minimum absolute atomic E-state index is 0.00512. The third-order valence-electron chi connectivity index (χ3n) is 5.28. The van der Waals surface area contributed by atoms with Crippen LogP contribution in [0, 0.1) is 0 Å². The maximum absolute atomic E-state index is 12.4. The first kappa shape index (κ1) is 16.5. The van der Waals surface area contributed by atoms with E-state index in [0.717, 1.165) is 45.6 Å². The molecule has 1 saturated heterocycles. The maximum atomic E-state index is 12.4. The third kappa shape index (κ3) is 4.55. The molecule has 2 aliphatic rings. The predicted octanol–water partition coefficient (Wildman–Crippen LogP) is 2.25. The van der Waals surface area contributed by atoms with Crippen molar-refractivity contribution in [1.29, 1.82) is 0 Å². The Morgan fingerprint density at radius 3 is 2.43 bits per heavy atom. The lowest BCUT2D eigenvalue weighted by Crippen LogP contribution is -2.54. The third-order valence-corrected chi connectivity index (χ3v) is 5.28. The topological polar surface area (TPSA) is 35.6 Å². The van der Waals surface area contributed by atoms with Crippen molar-refractivity contribution in [2.45, 2.75) is 51.2 Å². The summed E-state index contributed by atoms with van der Waals surface area (Å²) in [4.78, 5) is 17.2. The molecule has 0 aromatic heterocycles. The molecule has 1 aromatic carbocycles. The van der Waals surface area contributed by atoms with Gasteiger partial charge in [0.05, 0.1) is 6.04 Å². The zero-order valence-corrected chi connectivity index (χ0v) is 14.2. The van der Waals surface area contributed by atoms with Crippen LogP contribution in [-0.4, -0.2) is 54.0 Å². The van der Waals surface area contributed by atoms with Gasteiger partial charge < -0.3 is 5.32 Å². The molecule has 1 aliphatic carbocycles. The number of carbonyl (C=O) groups excluding carboxylic acids is 1. The van der Waals surface area contributed by atoms with E-state index in [1.807, 2.05) is 0 Å². The molecular formula is C19H29N3O. The van der Waals surface area contributed by atoms with Gasteiger partial charge in [0.15, 0.2) is 0 Å². The lowest BCUT2D eigenvalue weighted by molar-refractivity contribution is -0.127. The standard InChI is InChI=1S/C19H29N3O/c1-16(19(23)20-18-9-5-6-10-18)22-13-11-21(12-14-22)15-17-7-3-2-4-8-17/h2-4,7-8,16,18H,5-6,9-15H2,1H3,(H,20,23)/t16-/m1/s1.